The number of hydrogen-bond acceptors (Lipinski definition) is 8. The maximum absolute atomic E-state index is 12.8. The molecule has 5 N–H and O–H groups in total. The summed E-state index contributed by atoms with van der Waals surface area (Å²) in [7, 11) is 1.91. The molecule has 0 saturated carbocycles. The number of hydrogen-bond donors (Lipinski definition) is 5. The summed E-state index contributed by atoms with van der Waals surface area (Å²) in [6, 6.07) is -1.20. The number of rotatable bonds is 7. The quantitative estimate of drug-likeness (QED) is 0.370. The second-order valence-electron chi connectivity index (χ2n) is 7.80. The fourth-order valence-corrected chi connectivity index (χ4v) is 4.81. The van der Waals surface area contributed by atoms with Gasteiger partial charge in [0.1, 0.15) is 29.9 Å². The van der Waals surface area contributed by atoms with E-state index >= 15 is 0 Å². The molecule has 0 radical (unpaired) electrons. The van der Waals surface area contributed by atoms with Crippen LogP contribution in [0.3, 0.4) is 0 Å². The average Bonchev–Trinajstić information content (AvgIpc) is 2.99. The number of likely N-dealkylation sites (N-methyl/N-ethyl adjacent to an activating group) is 1. The Bertz CT molecular complexity index is 494. The monoisotopic (exact) mass is 406 g/mol. The Morgan fingerprint density at radius 3 is 2.52 bits per heavy atom. The zero-order valence-corrected chi connectivity index (χ0v) is 17.3. The Kier molecular flexibility index (Phi) is 8.35. The standard InChI is InChI=1S/C18H34N2O6S/c1-5-6-10-7-11(20(3)8-10)17(25)19-12(9(2)21)16-14(23)13(22)15(24)18(26-16)27-4/h9-16,18,21-24H,5-8H2,1-4H3,(H,19,25)/t9-,10+,11+,12-,13?,14+,15?,16+,18+/m0/s1. The average molecular weight is 407 g/mol. The molecule has 2 fully saturated rings. The van der Waals surface area contributed by atoms with Crippen LogP contribution in [-0.4, -0.2) is 99.1 Å². The lowest BCUT2D eigenvalue weighted by Crippen LogP contribution is -2.65. The number of nitrogens with zero attached hydrogens (tertiary/aromatic N) is 1. The van der Waals surface area contributed by atoms with Gasteiger partial charge >= 0.3 is 0 Å². The van der Waals surface area contributed by atoms with Crippen LogP contribution in [0.4, 0.5) is 0 Å². The normalized spacial score (nSPS) is 39.9. The molecule has 9 heteroatoms. The first-order valence-corrected chi connectivity index (χ1v) is 10.9. The van der Waals surface area contributed by atoms with Crippen LogP contribution in [0, 0.1) is 5.92 Å². The molecule has 0 aromatic carbocycles. The highest BCUT2D eigenvalue weighted by atomic mass is 32.2. The van der Waals surface area contributed by atoms with Crippen LogP contribution in [0.25, 0.3) is 0 Å². The number of carbonyl (C=O) groups is 1. The molecule has 2 unspecified atom stereocenters. The number of ether oxygens (including phenoxy) is 1. The number of likely N-dealkylation sites (tertiary alicyclic amines) is 1. The number of nitrogens with one attached hydrogen (secondary N) is 1. The highest BCUT2D eigenvalue weighted by Crippen LogP contribution is 2.30. The summed E-state index contributed by atoms with van der Waals surface area (Å²) >= 11 is 1.20. The SMILES string of the molecule is CCC[C@@H]1C[C@H](C(=O)N[C@H]([C@H]2O[C@H](SC)C(O)C(O)[C@H]2O)[C@H](C)O)N(C)C1. The van der Waals surface area contributed by atoms with Crippen LogP contribution in [0.1, 0.15) is 33.1 Å². The van der Waals surface area contributed by atoms with Gasteiger partial charge in [0, 0.05) is 6.54 Å². The van der Waals surface area contributed by atoms with Gasteiger partial charge in [0.05, 0.1) is 18.2 Å². The molecule has 9 atom stereocenters. The van der Waals surface area contributed by atoms with E-state index in [1.165, 1.54) is 18.7 Å². The Hall–Kier alpha value is -0.420. The van der Waals surface area contributed by atoms with E-state index in [1.807, 2.05) is 11.9 Å². The summed E-state index contributed by atoms with van der Waals surface area (Å²) in [5, 5.41) is 43.5. The van der Waals surface area contributed by atoms with Gasteiger partial charge in [-0.1, -0.05) is 13.3 Å². The van der Waals surface area contributed by atoms with Crippen molar-refractivity contribution in [1.29, 1.82) is 0 Å². The zero-order chi connectivity index (χ0) is 20.3. The van der Waals surface area contributed by atoms with E-state index in [1.54, 1.807) is 6.26 Å². The van der Waals surface area contributed by atoms with Crippen molar-refractivity contribution in [1.82, 2.24) is 10.2 Å². The first-order valence-electron chi connectivity index (χ1n) is 9.62. The van der Waals surface area contributed by atoms with Gasteiger partial charge in [0.2, 0.25) is 5.91 Å². The lowest BCUT2D eigenvalue weighted by atomic mass is 9.92. The summed E-state index contributed by atoms with van der Waals surface area (Å²) in [5.41, 5.74) is -0.755. The molecule has 0 aromatic heterocycles. The number of carbonyl (C=O) groups excluding carboxylic acids is 1. The Morgan fingerprint density at radius 2 is 1.96 bits per heavy atom. The first-order chi connectivity index (χ1) is 12.7. The van der Waals surface area contributed by atoms with Crippen LogP contribution in [0.2, 0.25) is 0 Å². The minimum absolute atomic E-state index is 0.223. The van der Waals surface area contributed by atoms with Gasteiger partial charge in [0.15, 0.2) is 0 Å². The lowest BCUT2D eigenvalue weighted by molar-refractivity contribution is -0.211. The predicted octanol–water partition coefficient (Wildman–Crippen LogP) is -0.857. The third-order valence-corrected chi connectivity index (χ3v) is 6.51. The van der Waals surface area contributed by atoms with Crippen LogP contribution in [0.5, 0.6) is 0 Å². The molecule has 0 bridgehead atoms. The second kappa shape index (κ2) is 9.87. The van der Waals surface area contributed by atoms with Crippen LogP contribution >= 0.6 is 11.8 Å². The molecule has 0 aromatic rings. The molecule has 0 spiro atoms. The minimum Gasteiger partial charge on any atom is -0.391 e. The van der Waals surface area contributed by atoms with E-state index in [0.717, 1.165) is 25.8 Å². The number of amides is 1. The summed E-state index contributed by atoms with van der Waals surface area (Å²) in [4.78, 5) is 14.9. The Morgan fingerprint density at radius 1 is 1.30 bits per heavy atom. The number of thioether (sulfide) groups is 1. The van der Waals surface area contributed by atoms with Crippen LogP contribution in [0.15, 0.2) is 0 Å². The topological polar surface area (TPSA) is 122 Å². The molecule has 2 aliphatic rings. The van der Waals surface area contributed by atoms with Gasteiger partial charge < -0.3 is 30.5 Å². The summed E-state index contributed by atoms with van der Waals surface area (Å²) in [6.07, 6.45) is -1.50. The molecule has 27 heavy (non-hydrogen) atoms. The molecule has 158 valence electrons. The van der Waals surface area contributed by atoms with E-state index in [-0.39, 0.29) is 11.9 Å². The molecule has 2 aliphatic heterocycles. The third kappa shape index (κ3) is 5.14. The van der Waals surface area contributed by atoms with Gasteiger partial charge in [-0.3, -0.25) is 9.69 Å². The van der Waals surface area contributed by atoms with E-state index < -0.39 is 42.0 Å². The zero-order valence-electron chi connectivity index (χ0n) is 16.5. The highest BCUT2D eigenvalue weighted by molar-refractivity contribution is 7.99. The van der Waals surface area contributed by atoms with Crippen molar-refractivity contribution in [3.8, 4) is 0 Å². The first kappa shape index (κ1) is 22.9. The van der Waals surface area contributed by atoms with Gasteiger partial charge in [-0.25, -0.2) is 0 Å². The van der Waals surface area contributed by atoms with Crippen molar-refractivity contribution >= 4 is 17.7 Å². The van der Waals surface area contributed by atoms with Crippen LogP contribution < -0.4 is 5.32 Å². The van der Waals surface area contributed by atoms with E-state index in [4.69, 9.17) is 4.74 Å². The van der Waals surface area contributed by atoms with Gasteiger partial charge in [-0.2, -0.15) is 0 Å². The Labute approximate surface area is 165 Å². The number of aliphatic hydroxyl groups excluding tert-OH is 4. The summed E-state index contributed by atoms with van der Waals surface area (Å²) in [5.74, 6) is 0.245. The number of aliphatic hydroxyl groups is 4. The smallest absolute Gasteiger partial charge is 0.237 e. The molecule has 2 saturated heterocycles. The molecular formula is C18H34N2O6S. The van der Waals surface area contributed by atoms with Crippen molar-refractivity contribution in [2.24, 2.45) is 5.92 Å². The highest BCUT2D eigenvalue weighted by Gasteiger charge is 2.48. The summed E-state index contributed by atoms with van der Waals surface area (Å²) < 4.78 is 5.72. The second-order valence-corrected chi connectivity index (χ2v) is 8.73. The minimum atomic E-state index is -1.42. The van der Waals surface area contributed by atoms with Gasteiger partial charge in [-0.15, -0.1) is 11.8 Å². The molecule has 8 nitrogen and oxygen atoms in total. The molecule has 2 rings (SSSR count). The van der Waals surface area contributed by atoms with Crippen molar-refractivity contribution in [2.75, 3.05) is 19.8 Å². The Balaban J connectivity index is 2.09. The predicted molar refractivity (Wildman–Crippen MR) is 103 cm³/mol. The van der Waals surface area contributed by atoms with Crippen molar-refractivity contribution < 1.29 is 30.0 Å². The van der Waals surface area contributed by atoms with Crippen molar-refractivity contribution in [3.05, 3.63) is 0 Å². The fraction of sp³-hybridized carbons (Fsp3) is 0.944. The fourth-order valence-electron chi connectivity index (χ4n) is 4.13. The maximum atomic E-state index is 12.8. The third-order valence-electron chi connectivity index (χ3n) is 5.66. The van der Waals surface area contributed by atoms with E-state index in [0.29, 0.717) is 5.92 Å². The van der Waals surface area contributed by atoms with E-state index in [2.05, 4.69) is 12.2 Å². The van der Waals surface area contributed by atoms with Gasteiger partial charge in [-0.05, 0) is 39.0 Å². The molecular weight excluding hydrogens is 372 g/mol. The maximum Gasteiger partial charge on any atom is 0.237 e. The summed E-state index contributed by atoms with van der Waals surface area (Å²) in [6.45, 7) is 4.48. The van der Waals surface area contributed by atoms with E-state index in [9.17, 15) is 25.2 Å². The molecule has 1 amide bonds. The largest absolute Gasteiger partial charge is 0.391 e. The lowest BCUT2D eigenvalue weighted by Gasteiger charge is -2.44. The molecule has 0 aliphatic carbocycles. The van der Waals surface area contributed by atoms with Crippen molar-refractivity contribution in [3.63, 3.8) is 0 Å². The van der Waals surface area contributed by atoms with Crippen LogP contribution in [-0.2, 0) is 9.53 Å². The molecule has 2 heterocycles. The van der Waals surface area contributed by atoms with Gasteiger partial charge in [0.25, 0.3) is 0 Å². The van der Waals surface area contributed by atoms with Crippen molar-refractivity contribution in [2.45, 2.75) is 81.1 Å².